The van der Waals surface area contributed by atoms with Crippen LogP contribution in [0, 0.1) is 5.92 Å². The molecule has 1 aliphatic heterocycles. The lowest BCUT2D eigenvalue weighted by Gasteiger charge is -2.48. The molecular weight excluding hydrogens is 514 g/mol. The standard InChI is InChI=1S/C22H33N3O9S2/c1-12(2)22(21(32)33)9-13(27)18(20(34-22)19(31)14(28)11-26)25-16(30)10-24-15(29)6-8-35-36-17-5-3-4-7-23-17/h3-5,7,12-14,18-20,26-28,31H,6,8-11H2,1-2H3,(H,24,29)(H,25,30)(H,32,33). The molecular formula is C22H33N3O9S2. The van der Waals surface area contributed by atoms with Gasteiger partial charge in [0.1, 0.15) is 23.3 Å². The molecule has 6 atom stereocenters. The van der Waals surface area contributed by atoms with Crippen molar-refractivity contribution in [3.63, 3.8) is 0 Å². The van der Waals surface area contributed by atoms with Crippen LogP contribution in [0.2, 0.25) is 0 Å². The molecule has 1 saturated heterocycles. The predicted molar refractivity (Wildman–Crippen MR) is 132 cm³/mol. The molecule has 1 aromatic heterocycles. The molecule has 12 nitrogen and oxygen atoms in total. The highest BCUT2D eigenvalue weighted by Gasteiger charge is 2.56. The van der Waals surface area contributed by atoms with Gasteiger partial charge in [0.2, 0.25) is 11.8 Å². The lowest BCUT2D eigenvalue weighted by Crippen LogP contribution is -2.69. The van der Waals surface area contributed by atoms with Crippen LogP contribution in [0.4, 0.5) is 0 Å². The fraction of sp³-hybridized carbons (Fsp3) is 0.636. The van der Waals surface area contributed by atoms with Gasteiger partial charge in [0.15, 0.2) is 5.60 Å². The highest BCUT2D eigenvalue weighted by atomic mass is 33.1. The highest BCUT2D eigenvalue weighted by Crippen LogP contribution is 2.37. The molecule has 0 aliphatic carbocycles. The number of amides is 2. The SMILES string of the molecule is CC(C)C1(C(=O)O)CC(O)C(NC(=O)CNC(=O)CCSSc2ccccn2)C(C(O)C(O)CO)O1. The fourth-order valence-corrected chi connectivity index (χ4v) is 5.57. The van der Waals surface area contributed by atoms with Gasteiger partial charge < -0.3 is 40.9 Å². The van der Waals surface area contributed by atoms with Gasteiger partial charge in [0.25, 0.3) is 0 Å². The number of aliphatic hydroxyl groups excluding tert-OH is 4. The smallest absolute Gasteiger partial charge is 0.336 e. The molecule has 2 amide bonds. The first-order valence-corrected chi connectivity index (χ1v) is 13.7. The Balaban J connectivity index is 1.94. The third-order valence-electron chi connectivity index (χ3n) is 5.81. The number of carbonyl (C=O) groups is 3. The molecule has 0 spiro atoms. The van der Waals surface area contributed by atoms with E-state index in [4.69, 9.17) is 4.74 Å². The van der Waals surface area contributed by atoms with Crippen molar-refractivity contribution < 1.29 is 44.7 Å². The minimum absolute atomic E-state index is 0.145. The van der Waals surface area contributed by atoms with Gasteiger partial charge in [-0.25, -0.2) is 9.78 Å². The second-order valence-electron chi connectivity index (χ2n) is 8.64. The van der Waals surface area contributed by atoms with Crippen LogP contribution in [0.1, 0.15) is 26.7 Å². The van der Waals surface area contributed by atoms with Gasteiger partial charge in [-0.1, -0.05) is 30.7 Å². The zero-order valence-electron chi connectivity index (χ0n) is 19.9. The number of carboxylic acid groups (broad SMARTS) is 1. The van der Waals surface area contributed by atoms with Crippen LogP contribution in [0.15, 0.2) is 29.4 Å². The number of aliphatic hydroxyl groups is 4. The topological polar surface area (TPSA) is 199 Å². The van der Waals surface area contributed by atoms with Gasteiger partial charge in [-0.05, 0) is 28.8 Å². The first-order chi connectivity index (χ1) is 17.0. The summed E-state index contributed by atoms with van der Waals surface area (Å²) in [6.45, 7) is 1.84. The summed E-state index contributed by atoms with van der Waals surface area (Å²) < 4.78 is 5.70. The summed E-state index contributed by atoms with van der Waals surface area (Å²) in [5.74, 6) is -2.62. The summed E-state index contributed by atoms with van der Waals surface area (Å²) in [5.41, 5.74) is -1.89. The lowest BCUT2D eigenvalue weighted by atomic mass is 9.78. The number of rotatable bonds is 13. The third-order valence-corrected chi connectivity index (χ3v) is 8.07. The minimum atomic E-state index is -1.89. The number of carboxylic acids is 1. The molecule has 0 radical (unpaired) electrons. The quantitative estimate of drug-likeness (QED) is 0.119. The maximum atomic E-state index is 12.5. The summed E-state index contributed by atoms with van der Waals surface area (Å²) in [4.78, 5) is 40.7. The van der Waals surface area contributed by atoms with E-state index in [0.717, 1.165) is 5.03 Å². The van der Waals surface area contributed by atoms with E-state index in [1.165, 1.54) is 21.6 Å². The van der Waals surface area contributed by atoms with Gasteiger partial charge >= 0.3 is 5.97 Å². The Labute approximate surface area is 216 Å². The number of nitrogens with zero attached hydrogens (tertiary/aromatic N) is 1. The molecule has 0 aromatic carbocycles. The Kier molecular flexibility index (Phi) is 11.9. The van der Waals surface area contributed by atoms with Crippen molar-refractivity contribution in [1.82, 2.24) is 15.6 Å². The van der Waals surface area contributed by atoms with Crippen LogP contribution in [-0.4, -0.2) is 103 Å². The number of ether oxygens (including phenoxy) is 1. The van der Waals surface area contributed by atoms with E-state index in [1.54, 1.807) is 26.1 Å². The number of carbonyl (C=O) groups excluding carboxylic acids is 2. The number of hydrogen-bond donors (Lipinski definition) is 7. The maximum absolute atomic E-state index is 12.5. The fourth-order valence-electron chi connectivity index (χ4n) is 3.70. The van der Waals surface area contributed by atoms with Crippen LogP contribution in [0.5, 0.6) is 0 Å². The van der Waals surface area contributed by atoms with Crippen LogP contribution in [-0.2, 0) is 19.1 Å². The van der Waals surface area contributed by atoms with Gasteiger partial charge in [0.05, 0.1) is 25.3 Å². The third kappa shape index (κ3) is 8.03. The maximum Gasteiger partial charge on any atom is 0.336 e. The van der Waals surface area contributed by atoms with Gasteiger partial charge in [-0.3, -0.25) is 9.59 Å². The Morgan fingerprint density at radius 1 is 1.25 bits per heavy atom. The van der Waals surface area contributed by atoms with E-state index in [-0.39, 0.29) is 18.7 Å². The largest absolute Gasteiger partial charge is 0.479 e. The summed E-state index contributed by atoms with van der Waals surface area (Å²) in [5, 5.41) is 55.9. The number of aliphatic carboxylic acids is 1. The number of hydrogen-bond acceptors (Lipinski definition) is 11. The molecule has 36 heavy (non-hydrogen) atoms. The molecule has 0 bridgehead atoms. The second kappa shape index (κ2) is 14.1. The molecule has 1 aromatic rings. The monoisotopic (exact) mass is 547 g/mol. The molecule has 2 rings (SSSR count). The van der Waals surface area contributed by atoms with E-state index < -0.39 is 67.0 Å². The van der Waals surface area contributed by atoms with Crippen molar-refractivity contribution in [2.75, 3.05) is 18.9 Å². The molecule has 7 N–H and O–H groups in total. The van der Waals surface area contributed by atoms with E-state index >= 15 is 0 Å². The second-order valence-corrected chi connectivity index (χ2v) is 11.1. The molecule has 1 aliphatic rings. The van der Waals surface area contributed by atoms with Crippen molar-refractivity contribution in [2.24, 2.45) is 5.92 Å². The van der Waals surface area contributed by atoms with E-state index in [2.05, 4.69) is 15.6 Å². The summed E-state index contributed by atoms with van der Waals surface area (Å²) in [6, 6.07) is 4.20. The van der Waals surface area contributed by atoms with Gasteiger partial charge in [-0.15, -0.1) is 0 Å². The van der Waals surface area contributed by atoms with Crippen molar-refractivity contribution >= 4 is 39.4 Å². The zero-order chi connectivity index (χ0) is 26.9. The molecule has 2 heterocycles. The molecule has 0 saturated carbocycles. The first-order valence-electron chi connectivity index (χ1n) is 11.3. The zero-order valence-corrected chi connectivity index (χ0v) is 21.6. The first kappa shape index (κ1) is 30.3. The summed E-state index contributed by atoms with van der Waals surface area (Å²) in [6.07, 6.45) is -5.10. The normalized spacial score (nSPS) is 25.7. The van der Waals surface area contributed by atoms with Crippen molar-refractivity contribution in [3.05, 3.63) is 24.4 Å². The number of pyridine rings is 1. The lowest BCUT2D eigenvalue weighted by molar-refractivity contribution is -0.240. The van der Waals surface area contributed by atoms with Gasteiger partial charge in [-0.2, -0.15) is 0 Å². The summed E-state index contributed by atoms with van der Waals surface area (Å²) in [7, 11) is 2.86. The van der Waals surface area contributed by atoms with E-state index in [0.29, 0.717) is 5.75 Å². The Morgan fingerprint density at radius 2 is 1.97 bits per heavy atom. The summed E-state index contributed by atoms with van der Waals surface area (Å²) >= 11 is 0. The van der Waals surface area contributed by atoms with Crippen LogP contribution >= 0.6 is 21.6 Å². The average Bonchev–Trinajstić information content (AvgIpc) is 2.85. The number of aromatic nitrogens is 1. The molecule has 6 unspecified atom stereocenters. The van der Waals surface area contributed by atoms with Crippen LogP contribution < -0.4 is 10.6 Å². The van der Waals surface area contributed by atoms with Crippen molar-refractivity contribution in [2.45, 2.75) is 67.8 Å². The van der Waals surface area contributed by atoms with Crippen molar-refractivity contribution in [3.8, 4) is 0 Å². The number of nitrogens with one attached hydrogen (secondary N) is 2. The molecule has 1 fully saturated rings. The minimum Gasteiger partial charge on any atom is -0.479 e. The molecule has 202 valence electrons. The molecule has 14 heteroatoms. The van der Waals surface area contributed by atoms with E-state index in [1.807, 2.05) is 12.1 Å². The average molecular weight is 548 g/mol. The van der Waals surface area contributed by atoms with Crippen LogP contribution in [0.25, 0.3) is 0 Å². The van der Waals surface area contributed by atoms with Gasteiger partial charge in [0, 0.05) is 24.8 Å². The Bertz CT molecular complexity index is 880. The van der Waals surface area contributed by atoms with Crippen molar-refractivity contribution in [1.29, 1.82) is 0 Å². The van der Waals surface area contributed by atoms with Crippen LogP contribution in [0.3, 0.4) is 0 Å². The highest BCUT2D eigenvalue weighted by molar-refractivity contribution is 8.76. The van der Waals surface area contributed by atoms with E-state index in [9.17, 15) is 39.9 Å². The Hall–Kier alpha value is -1.94. The predicted octanol–water partition coefficient (Wildman–Crippen LogP) is -0.844. The Morgan fingerprint density at radius 3 is 2.56 bits per heavy atom.